The first-order valence-electron chi connectivity index (χ1n) is 11.0. The lowest BCUT2D eigenvalue weighted by atomic mass is 9.97. The highest BCUT2D eigenvalue weighted by molar-refractivity contribution is 5.77. The average Bonchev–Trinajstić information content (AvgIpc) is 2.69. The highest BCUT2D eigenvalue weighted by atomic mass is 16.1. The molecule has 0 amide bonds. The zero-order chi connectivity index (χ0) is 21.3. The molecule has 1 saturated heterocycles. The summed E-state index contributed by atoms with van der Waals surface area (Å²) in [4.78, 5) is 20.6. The number of hydrogen-bond acceptors (Lipinski definition) is 4. The Labute approximate surface area is 178 Å². The van der Waals surface area contributed by atoms with Crippen LogP contribution in [0.25, 0.3) is 16.6 Å². The second kappa shape index (κ2) is 8.23. The molecule has 5 heteroatoms. The number of para-hydroxylation sites is 1. The number of rotatable bonds is 6. The molecule has 0 aliphatic carbocycles. The smallest absolute Gasteiger partial charge is 0.265 e. The van der Waals surface area contributed by atoms with Gasteiger partial charge in [0.25, 0.3) is 5.56 Å². The summed E-state index contributed by atoms with van der Waals surface area (Å²) in [6.07, 6.45) is 2.87. The number of likely N-dealkylation sites (tertiary alicyclic amines) is 1. The highest BCUT2D eigenvalue weighted by Crippen LogP contribution is 2.24. The standard InChI is InChI=1S/C25H32N4O/c1-5-6-11-23-27-22-10-8-7-9-21(22)24(30)29(23)20-14-12-18(13-15-20)26-19-16-28(17-19)25(2,3)4/h7-10,12-15,19,26H,5-6,11,16-17H2,1-4H3. The maximum Gasteiger partial charge on any atom is 0.265 e. The second-order valence-corrected chi connectivity index (χ2v) is 9.25. The minimum Gasteiger partial charge on any atom is -0.380 e. The van der Waals surface area contributed by atoms with Crippen LogP contribution in [0.4, 0.5) is 5.69 Å². The number of fused-ring (bicyclic) bond motifs is 1. The third-order valence-corrected chi connectivity index (χ3v) is 5.93. The number of anilines is 1. The molecule has 1 aliphatic heterocycles. The van der Waals surface area contributed by atoms with Crippen LogP contribution >= 0.6 is 0 Å². The van der Waals surface area contributed by atoms with Gasteiger partial charge in [0.15, 0.2) is 0 Å². The van der Waals surface area contributed by atoms with Gasteiger partial charge in [-0.05, 0) is 63.6 Å². The predicted octanol–water partition coefficient (Wildman–Crippen LogP) is 4.62. The van der Waals surface area contributed by atoms with Gasteiger partial charge in [0.1, 0.15) is 5.82 Å². The molecule has 0 radical (unpaired) electrons. The minimum atomic E-state index is 0.00669. The summed E-state index contributed by atoms with van der Waals surface area (Å²) >= 11 is 0. The van der Waals surface area contributed by atoms with E-state index in [0.29, 0.717) is 11.4 Å². The summed E-state index contributed by atoms with van der Waals surface area (Å²) < 4.78 is 1.78. The van der Waals surface area contributed by atoms with Gasteiger partial charge >= 0.3 is 0 Å². The molecule has 0 saturated carbocycles. The van der Waals surface area contributed by atoms with E-state index in [1.54, 1.807) is 4.57 Å². The van der Waals surface area contributed by atoms with Crippen molar-refractivity contribution in [2.75, 3.05) is 18.4 Å². The lowest BCUT2D eigenvalue weighted by Gasteiger charge is -2.48. The highest BCUT2D eigenvalue weighted by Gasteiger charge is 2.34. The maximum atomic E-state index is 13.3. The van der Waals surface area contributed by atoms with Crippen LogP contribution < -0.4 is 10.9 Å². The average molecular weight is 405 g/mol. The van der Waals surface area contributed by atoms with E-state index in [0.717, 1.165) is 55.1 Å². The van der Waals surface area contributed by atoms with Gasteiger partial charge in [-0.15, -0.1) is 0 Å². The fourth-order valence-corrected chi connectivity index (χ4v) is 4.01. The van der Waals surface area contributed by atoms with Gasteiger partial charge in [0.05, 0.1) is 22.6 Å². The molecule has 1 fully saturated rings. The van der Waals surface area contributed by atoms with E-state index >= 15 is 0 Å². The topological polar surface area (TPSA) is 50.2 Å². The zero-order valence-corrected chi connectivity index (χ0v) is 18.5. The van der Waals surface area contributed by atoms with Crippen molar-refractivity contribution in [1.29, 1.82) is 0 Å². The quantitative estimate of drug-likeness (QED) is 0.651. The molecule has 30 heavy (non-hydrogen) atoms. The molecule has 1 aromatic heterocycles. The van der Waals surface area contributed by atoms with Crippen LogP contribution in [0.2, 0.25) is 0 Å². The van der Waals surface area contributed by atoms with Crippen LogP contribution in [0.15, 0.2) is 53.3 Å². The Balaban J connectivity index is 1.59. The molecule has 0 atom stereocenters. The SMILES string of the molecule is CCCCc1nc2ccccc2c(=O)n1-c1ccc(NC2CN(C(C)(C)C)C2)cc1. The lowest BCUT2D eigenvalue weighted by molar-refractivity contribution is 0.0567. The van der Waals surface area contributed by atoms with E-state index in [2.05, 4.69) is 50.0 Å². The molecule has 0 unspecified atom stereocenters. The number of hydrogen-bond donors (Lipinski definition) is 1. The molecule has 2 heterocycles. The van der Waals surface area contributed by atoms with Gasteiger partial charge in [-0.2, -0.15) is 0 Å². The molecule has 1 aliphatic rings. The lowest BCUT2D eigenvalue weighted by Crippen LogP contribution is -2.61. The van der Waals surface area contributed by atoms with E-state index in [1.165, 1.54) is 0 Å². The van der Waals surface area contributed by atoms with Crippen LogP contribution in [0.1, 0.15) is 46.4 Å². The molecule has 158 valence electrons. The van der Waals surface area contributed by atoms with Crippen LogP contribution in [0.3, 0.4) is 0 Å². The summed E-state index contributed by atoms with van der Waals surface area (Å²) in [5.41, 5.74) is 2.97. The largest absolute Gasteiger partial charge is 0.380 e. The number of aryl methyl sites for hydroxylation is 1. The number of aromatic nitrogens is 2. The van der Waals surface area contributed by atoms with Crippen LogP contribution in [-0.2, 0) is 6.42 Å². The Morgan fingerprint density at radius 2 is 1.77 bits per heavy atom. The van der Waals surface area contributed by atoms with E-state index in [1.807, 2.05) is 36.4 Å². The molecule has 2 aromatic carbocycles. The Bertz CT molecular complexity index is 1070. The van der Waals surface area contributed by atoms with Gasteiger partial charge in [-0.1, -0.05) is 25.5 Å². The zero-order valence-electron chi connectivity index (χ0n) is 18.5. The van der Waals surface area contributed by atoms with Gasteiger partial charge in [-0.3, -0.25) is 14.3 Å². The Hall–Kier alpha value is -2.66. The summed E-state index contributed by atoms with van der Waals surface area (Å²) in [7, 11) is 0. The Morgan fingerprint density at radius 3 is 2.43 bits per heavy atom. The summed E-state index contributed by atoms with van der Waals surface area (Å²) in [5, 5.41) is 4.27. The Kier molecular flexibility index (Phi) is 5.65. The predicted molar refractivity (Wildman–Crippen MR) is 125 cm³/mol. The van der Waals surface area contributed by atoms with Crippen molar-refractivity contribution in [2.45, 2.75) is 58.5 Å². The molecule has 1 N–H and O–H groups in total. The van der Waals surface area contributed by atoms with Crippen molar-refractivity contribution in [3.63, 3.8) is 0 Å². The molecule has 5 nitrogen and oxygen atoms in total. The van der Waals surface area contributed by atoms with Gasteiger partial charge in [-0.25, -0.2) is 4.98 Å². The maximum absolute atomic E-state index is 13.3. The fraction of sp³-hybridized carbons (Fsp3) is 0.440. The van der Waals surface area contributed by atoms with Crippen molar-refractivity contribution < 1.29 is 0 Å². The number of unbranched alkanes of at least 4 members (excludes halogenated alkanes) is 1. The Morgan fingerprint density at radius 1 is 1.07 bits per heavy atom. The van der Waals surface area contributed by atoms with Crippen molar-refractivity contribution in [3.05, 3.63) is 64.7 Å². The summed E-state index contributed by atoms with van der Waals surface area (Å²) in [5.74, 6) is 0.834. The normalized spacial score (nSPS) is 15.3. The second-order valence-electron chi connectivity index (χ2n) is 9.25. The van der Waals surface area contributed by atoms with Crippen LogP contribution in [0, 0.1) is 0 Å². The van der Waals surface area contributed by atoms with E-state index in [-0.39, 0.29) is 11.1 Å². The first-order valence-corrected chi connectivity index (χ1v) is 11.0. The van der Waals surface area contributed by atoms with E-state index in [4.69, 9.17) is 4.98 Å². The van der Waals surface area contributed by atoms with E-state index < -0.39 is 0 Å². The fourth-order valence-electron chi connectivity index (χ4n) is 4.01. The summed E-state index contributed by atoms with van der Waals surface area (Å²) in [6.45, 7) is 11.0. The first-order chi connectivity index (χ1) is 14.4. The van der Waals surface area contributed by atoms with Crippen LogP contribution in [0.5, 0.6) is 0 Å². The van der Waals surface area contributed by atoms with Crippen molar-refractivity contribution >= 4 is 16.6 Å². The number of benzene rings is 2. The number of nitrogens with one attached hydrogen (secondary N) is 1. The molecular formula is C25H32N4O. The first kappa shape index (κ1) is 20.6. The van der Waals surface area contributed by atoms with Crippen molar-refractivity contribution in [1.82, 2.24) is 14.5 Å². The molecular weight excluding hydrogens is 372 g/mol. The summed E-state index contributed by atoms with van der Waals surface area (Å²) in [6, 6.07) is 16.3. The van der Waals surface area contributed by atoms with Crippen LogP contribution in [-0.4, -0.2) is 39.1 Å². The van der Waals surface area contributed by atoms with E-state index in [9.17, 15) is 4.79 Å². The van der Waals surface area contributed by atoms with Crippen molar-refractivity contribution in [2.24, 2.45) is 0 Å². The molecule has 0 bridgehead atoms. The van der Waals surface area contributed by atoms with Gasteiger partial charge in [0, 0.05) is 30.7 Å². The molecule has 0 spiro atoms. The number of nitrogens with zero attached hydrogens (tertiary/aromatic N) is 3. The monoisotopic (exact) mass is 404 g/mol. The minimum absolute atomic E-state index is 0.00669. The molecule has 4 rings (SSSR count). The third-order valence-electron chi connectivity index (χ3n) is 5.93. The van der Waals surface area contributed by atoms with Crippen molar-refractivity contribution in [3.8, 4) is 5.69 Å². The molecule has 3 aromatic rings. The third kappa shape index (κ3) is 4.12. The van der Waals surface area contributed by atoms with Gasteiger partial charge < -0.3 is 5.32 Å². The van der Waals surface area contributed by atoms with Gasteiger partial charge in [0.2, 0.25) is 0 Å².